The van der Waals surface area contributed by atoms with Gasteiger partial charge in [0.1, 0.15) is 23.4 Å². The summed E-state index contributed by atoms with van der Waals surface area (Å²) in [5, 5.41) is 0. The van der Waals surface area contributed by atoms with Gasteiger partial charge in [-0.25, -0.2) is 9.97 Å². The third-order valence-electron chi connectivity index (χ3n) is 5.65. The maximum Gasteiger partial charge on any atom is 0.433 e. The minimum absolute atomic E-state index is 0.0379. The van der Waals surface area contributed by atoms with Gasteiger partial charge < -0.3 is 9.64 Å². The van der Waals surface area contributed by atoms with Gasteiger partial charge in [0.2, 0.25) is 0 Å². The topological polar surface area (TPSA) is 55.3 Å². The molecule has 0 amide bonds. The van der Waals surface area contributed by atoms with E-state index in [2.05, 4.69) is 9.97 Å². The predicted molar refractivity (Wildman–Crippen MR) is 87.6 cm³/mol. The van der Waals surface area contributed by atoms with Crippen LogP contribution in [0.25, 0.3) is 0 Å². The number of rotatable bonds is 5. The van der Waals surface area contributed by atoms with Crippen molar-refractivity contribution < 1.29 is 22.7 Å². The van der Waals surface area contributed by atoms with Gasteiger partial charge in [0, 0.05) is 43.3 Å². The van der Waals surface area contributed by atoms with Crippen LogP contribution in [0.3, 0.4) is 0 Å². The van der Waals surface area contributed by atoms with Crippen LogP contribution in [-0.2, 0) is 15.7 Å². The molecular formula is C18H22F3N3O2. The molecule has 142 valence electrons. The molecule has 5 nitrogen and oxygen atoms in total. The van der Waals surface area contributed by atoms with E-state index in [9.17, 15) is 18.0 Å². The second kappa shape index (κ2) is 6.39. The molecule has 2 unspecified atom stereocenters. The molecule has 8 heteroatoms. The Hall–Kier alpha value is -1.86. The Morgan fingerprint density at radius 2 is 1.96 bits per heavy atom. The van der Waals surface area contributed by atoms with E-state index in [4.69, 9.17) is 4.74 Å². The summed E-state index contributed by atoms with van der Waals surface area (Å²) >= 11 is 0. The van der Waals surface area contributed by atoms with Crippen molar-refractivity contribution in [2.45, 2.75) is 57.2 Å². The van der Waals surface area contributed by atoms with E-state index in [1.165, 1.54) is 0 Å². The average molecular weight is 369 g/mol. The van der Waals surface area contributed by atoms with Gasteiger partial charge in [-0.15, -0.1) is 0 Å². The fraction of sp³-hybridized carbons (Fsp3) is 0.722. The molecule has 0 bridgehead atoms. The van der Waals surface area contributed by atoms with Gasteiger partial charge in [-0.2, -0.15) is 13.2 Å². The summed E-state index contributed by atoms with van der Waals surface area (Å²) in [5.74, 6) is 0.912. The van der Waals surface area contributed by atoms with Crippen LogP contribution in [0.15, 0.2) is 6.07 Å². The number of ether oxygens (including phenoxy) is 1. The minimum atomic E-state index is -4.48. The lowest BCUT2D eigenvalue weighted by molar-refractivity contribution is -0.146. The van der Waals surface area contributed by atoms with Gasteiger partial charge >= 0.3 is 12.1 Å². The summed E-state index contributed by atoms with van der Waals surface area (Å²) in [6.07, 6.45) is -0.693. The number of carbonyl (C=O) groups is 1. The fourth-order valence-corrected chi connectivity index (χ4v) is 3.86. The molecule has 2 aliphatic carbocycles. The lowest BCUT2D eigenvalue weighted by Crippen LogP contribution is -2.29. The first-order valence-corrected chi connectivity index (χ1v) is 9.27. The SMILES string of the molecule is CCCC(=O)OC1C2CN(c3cc(C(F)(F)F)nc(C4CCC4)n3)CC21. The first-order chi connectivity index (χ1) is 12.4. The summed E-state index contributed by atoms with van der Waals surface area (Å²) in [5.41, 5.74) is -0.865. The Bertz CT molecular complexity index is 693. The molecule has 4 rings (SSSR count). The molecule has 0 spiro atoms. The number of anilines is 1. The van der Waals surface area contributed by atoms with Crippen molar-refractivity contribution in [1.29, 1.82) is 0 Å². The summed E-state index contributed by atoms with van der Waals surface area (Å²) in [7, 11) is 0. The summed E-state index contributed by atoms with van der Waals surface area (Å²) in [6.45, 7) is 3.07. The molecule has 2 heterocycles. The first kappa shape index (κ1) is 17.5. The van der Waals surface area contributed by atoms with Crippen molar-refractivity contribution in [3.8, 4) is 0 Å². The largest absolute Gasteiger partial charge is 0.462 e. The van der Waals surface area contributed by atoms with Gasteiger partial charge in [0.25, 0.3) is 0 Å². The van der Waals surface area contributed by atoms with E-state index in [1.54, 1.807) is 0 Å². The van der Waals surface area contributed by atoms with Gasteiger partial charge in [0.15, 0.2) is 0 Å². The maximum atomic E-state index is 13.2. The Labute approximate surface area is 149 Å². The Kier molecular flexibility index (Phi) is 4.31. The third kappa shape index (κ3) is 3.25. The molecule has 1 aromatic rings. The van der Waals surface area contributed by atoms with Crippen LogP contribution >= 0.6 is 0 Å². The predicted octanol–water partition coefficient (Wildman–Crippen LogP) is 3.54. The van der Waals surface area contributed by atoms with Crippen LogP contribution in [0, 0.1) is 11.8 Å². The molecular weight excluding hydrogens is 347 g/mol. The number of halogens is 3. The highest BCUT2D eigenvalue weighted by molar-refractivity contribution is 5.70. The Balaban J connectivity index is 1.47. The van der Waals surface area contributed by atoms with Crippen LogP contribution in [0.5, 0.6) is 0 Å². The van der Waals surface area contributed by atoms with E-state index in [1.807, 2.05) is 11.8 Å². The number of aromatic nitrogens is 2. The average Bonchev–Trinajstić information content (AvgIpc) is 2.96. The lowest BCUT2D eigenvalue weighted by Gasteiger charge is -2.27. The lowest BCUT2D eigenvalue weighted by atomic mass is 9.85. The quantitative estimate of drug-likeness (QED) is 0.743. The first-order valence-electron chi connectivity index (χ1n) is 9.27. The summed E-state index contributed by atoms with van der Waals surface area (Å²) in [6, 6.07) is 1.05. The van der Waals surface area contributed by atoms with Crippen LogP contribution < -0.4 is 4.90 Å². The molecule has 2 atom stereocenters. The summed E-state index contributed by atoms with van der Waals surface area (Å²) in [4.78, 5) is 21.7. The van der Waals surface area contributed by atoms with Crippen molar-refractivity contribution in [3.05, 3.63) is 17.6 Å². The zero-order valence-electron chi connectivity index (χ0n) is 14.6. The Morgan fingerprint density at radius 3 is 2.50 bits per heavy atom. The zero-order valence-corrected chi connectivity index (χ0v) is 14.6. The van der Waals surface area contributed by atoms with Crippen LogP contribution in [0.4, 0.5) is 19.0 Å². The Morgan fingerprint density at radius 1 is 1.27 bits per heavy atom. The van der Waals surface area contributed by atoms with E-state index in [0.717, 1.165) is 31.7 Å². The maximum absolute atomic E-state index is 13.2. The van der Waals surface area contributed by atoms with Crippen molar-refractivity contribution in [1.82, 2.24) is 9.97 Å². The van der Waals surface area contributed by atoms with Crippen molar-refractivity contribution >= 4 is 11.8 Å². The molecule has 0 N–H and O–H groups in total. The molecule has 1 aromatic heterocycles. The molecule has 1 saturated heterocycles. The van der Waals surface area contributed by atoms with Crippen LogP contribution in [0.1, 0.15) is 56.5 Å². The molecule has 26 heavy (non-hydrogen) atoms. The number of esters is 1. The second-order valence-corrected chi connectivity index (χ2v) is 7.53. The highest BCUT2D eigenvalue weighted by Gasteiger charge is 2.59. The van der Waals surface area contributed by atoms with Crippen LogP contribution in [0.2, 0.25) is 0 Å². The summed E-state index contributed by atoms with van der Waals surface area (Å²) < 4.78 is 45.1. The number of fused-ring (bicyclic) bond motifs is 1. The molecule has 0 radical (unpaired) electrons. The number of alkyl halides is 3. The fourth-order valence-electron chi connectivity index (χ4n) is 3.86. The molecule has 0 aromatic carbocycles. The van der Waals surface area contributed by atoms with E-state index in [0.29, 0.717) is 31.2 Å². The van der Waals surface area contributed by atoms with Gasteiger partial charge in [-0.05, 0) is 19.3 Å². The number of piperidine rings is 1. The normalized spacial score (nSPS) is 27.8. The van der Waals surface area contributed by atoms with Gasteiger partial charge in [0.05, 0.1) is 0 Å². The third-order valence-corrected chi connectivity index (χ3v) is 5.65. The van der Waals surface area contributed by atoms with Crippen molar-refractivity contribution in [2.24, 2.45) is 11.8 Å². The van der Waals surface area contributed by atoms with E-state index >= 15 is 0 Å². The zero-order chi connectivity index (χ0) is 18.5. The van der Waals surface area contributed by atoms with Crippen molar-refractivity contribution in [2.75, 3.05) is 18.0 Å². The minimum Gasteiger partial charge on any atom is -0.462 e. The highest BCUT2D eigenvalue weighted by atomic mass is 19.4. The van der Waals surface area contributed by atoms with Gasteiger partial charge in [-0.1, -0.05) is 13.3 Å². The molecule has 2 saturated carbocycles. The number of hydrogen-bond donors (Lipinski definition) is 0. The van der Waals surface area contributed by atoms with Crippen LogP contribution in [-0.4, -0.2) is 35.1 Å². The molecule has 3 fully saturated rings. The van der Waals surface area contributed by atoms with E-state index < -0.39 is 11.9 Å². The molecule has 3 aliphatic rings. The highest BCUT2D eigenvalue weighted by Crippen LogP contribution is 2.49. The molecule has 1 aliphatic heterocycles. The monoisotopic (exact) mass is 369 g/mol. The van der Waals surface area contributed by atoms with E-state index in [-0.39, 0.29) is 29.8 Å². The number of hydrogen-bond acceptors (Lipinski definition) is 5. The number of nitrogens with zero attached hydrogens (tertiary/aromatic N) is 3. The standard InChI is InChI=1S/C18H22F3N3O2/c1-2-4-15(25)26-16-11-8-24(9-12(11)16)14-7-13(18(19,20)21)22-17(23-14)10-5-3-6-10/h7,10-12,16H,2-6,8-9H2,1H3. The smallest absolute Gasteiger partial charge is 0.433 e. The van der Waals surface area contributed by atoms with Gasteiger partial charge in [-0.3, -0.25) is 4.79 Å². The second-order valence-electron chi connectivity index (χ2n) is 7.53. The van der Waals surface area contributed by atoms with Crippen molar-refractivity contribution in [3.63, 3.8) is 0 Å². The number of carbonyl (C=O) groups excluding carboxylic acids is 1.